The molecule has 0 aliphatic carbocycles. The molecule has 0 bridgehead atoms. The standard InChI is InChI=1S/C6H8N2O3/c1-4-6(8-10-3-9)5(2)11-7-4/h3,5H,1-2H3. The first kappa shape index (κ1) is 7.71. The molecular weight excluding hydrogens is 148 g/mol. The second-order valence-electron chi connectivity index (χ2n) is 2.10. The normalized spacial score (nSPS) is 26.2. The molecule has 1 unspecified atom stereocenters. The Labute approximate surface area is 63.6 Å². The molecule has 1 aliphatic heterocycles. The molecule has 11 heavy (non-hydrogen) atoms. The van der Waals surface area contributed by atoms with Gasteiger partial charge in [-0.05, 0) is 13.8 Å². The molecule has 1 rings (SSSR count). The minimum absolute atomic E-state index is 0.227. The first-order valence-electron chi connectivity index (χ1n) is 3.14. The van der Waals surface area contributed by atoms with Gasteiger partial charge in [-0.15, -0.1) is 0 Å². The van der Waals surface area contributed by atoms with E-state index < -0.39 is 0 Å². The summed E-state index contributed by atoms with van der Waals surface area (Å²) < 4.78 is 0. The Balaban J connectivity index is 2.68. The van der Waals surface area contributed by atoms with Crippen LogP contribution in [0.5, 0.6) is 0 Å². The van der Waals surface area contributed by atoms with E-state index >= 15 is 0 Å². The van der Waals surface area contributed by atoms with Crippen LogP contribution in [-0.4, -0.2) is 24.0 Å². The Hall–Kier alpha value is -1.39. The smallest absolute Gasteiger partial charge is 0.323 e. The van der Waals surface area contributed by atoms with Gasteiger partial charge in [0, 0.05) is 0 Å². The largest absolute Gasteiger partial charge is 0.386 e. The van der Waals surface area contributed by atoms with E-state index in [0.717, 1.165) is 0 Å². The fourth-order valence-corrected chi connectivity index (χ4v) is 0.768. The van der Waals surface area contributed by atoms with Crippen molar-refractivity contribution in [2.45, 2.75) is 20.0 Å². The van der Waals surface area contributed by atoms with Crippen molar-refractivity contribution in [3.63, 3.8) is 0 Å². The summed E-state index contributed by atoms with van der Waals surface area (Å²) in [4.78, 5) is 18.8. The molecule has 0 saturated carbocycles. The van der Waals surface area contributed by atoms with E-state index in [4.69, 9.17) is 4.84 Å². The van der Waals surface area contributed by atoms with Crippen molar-refractivity contribution >= 4 is 17.9 Å². The average molecular weight is 156 g/mol. The van der Waals surface area contributed by atoms with Crippen LogP contribution in [0.2, 0.25) is 0 Å². The van der Waals surface area contributed by atoms with E-state index in [0.29, 0.717) is 11.4 Å². The Bertz CT molecular complexity index is 222. The summed E-state index contributed by atoms with van der Waals surface area (Å²) in [5.74, 6) is 0. The zero-order valence-electron chi connectivity index (χ0n) is 6.27. The van der Waals surface area contributed by atoms with Crippen LogP contribution < -0.4 is 0 Å². The van der Waals surface area contributed by atoms with E-state index in [2.05, 4.69) is 15.1 Å². The summed E-state index contributed by atoms with van der Waals surface area (Å²) in [7, 11) is 0. The molecule has 5 heteroatoms. The van der Waals surface area contributed by atoms with Crippen molar-refractivity contribution in [1.29, 1.82) is 0 Å². The molecule has 0 amide bonds. The van der Waals surface area contributed by atoms with Crippen LogP contribution in [-0.2, 0) is 14.5 Å². The molecular formula is C6H8N2O3. The first-order valence-corrected chi connectivity index (χ1v) is 3.14. The maximum absolute atomic E-state index is 9.76. The van der Waals surface area contributed by atoms with Gasteiger partial charge in [-0.3, -0.25) is 4.79 Å². The van der Waals surface area contributed by atoms with Gasteiger partial charge in [0.05, 0.1) is 0 Å². The predicted octanol–water partition coefficient (Wildman–Crippen LogP) is 0.310. The Morgan fingerprint density at radius 2 is 2.55 bits per heavy atom. The lowest BCUT2D eigenvalue weighted by Crippen LogP contribution is -2.18. The first-order chi connectivity index (χ1) is 5.25. The lowest BCUT2D eigenvalue weighted by atomic mass is 10.2. The number of carbonyl (C=O) groups is 1. The third-order valence-electron chi connectivity index (χ3n) is 1.30. The molecule has 0 spiro atoms. The van der Waals surface area contributed by atoms with E-state index in [9.17, 15) is 4.79 Å². The minimum Gasteiger partial charge on any atom is -0.386 e. The lowest BCUT2D eigenvalue weighted by molar-refractivity contribution is -0.128. The van der Waals surface area contributed by atoms with Gasteiger partial charge in [0.2, 0.25) is 0 Å². The van der Waals surface area contributed by atoms with Crippen molar-refractivity contribution in [2.24, 2.45) is 10.3 Å². The topological polar surface area (TPSA) is 60.3 Å². The van der Waals surface area contributed by atoms with Crippen molar-refractivity contribution in [3.8, 4) is 0 Å². The number of rotatable bonds is 2. The summed E-state index contributed by atoms with van der Waals surface area (Å²) in [5.41, 5.74) is 1.19. The van der Waals surface area contributed by atoms with E-state index in [1.807, 2.05) is 0 Å². The quantitative estimate of drug-likeness (QED) is 0.328. The Morgan fingerprint density at radius 3 is 3.00 bits per heavy atom. The Kier molecular flexibility index (Phi) is 2.20. The van der Waals surface area contributed by atoms with Crippen LogP contribution >= 0.6 is 0 Å². The number of carbonyl (C=O) groups excluding carboxylic acids is 1. The highest BCUT2D eigenvalue weighted by Crippen LogP contribution is 2.06. The number of nitrogens with zero attached hydrogens (tertiary/aromatic N) is 2. The van der Waals surface area contributed by atoms with Gasteiger partial charge in [-0.1, -0.05) is 10.3 Å². The molecule has 1 atom stereocenters. The van der Waals surface area contributed by atoms with Crippen LogP contribution in [0.1, 0.15) is 13.8 Å². The van der Waals surface area contributed by atoms with Crippen molar-refractivity contribution < 1.29 is 14.5 Å². The highest BCUT2D eigenvalue weighted by atomic mass is 16.7. The van der Waals surface area contributed by atoms with Crippen LogP contribution in [0.25, 0.3) is 0 Å². The van der Waals surface area contributed by atoms with E-state index in [1.54, 1.807) is 13.8 Å². The van der Waals surface area contributed by atoms with Crippen LogP contribution in [0.15, 0.2) is 10.3 Å². The fourth-order valence-electron chi connectivity index (χ4n) is 0.768. The minimum atomic E-state index is -0.227. The van der Waals surface area contributed by atoms with Crippen molar-refractivity contribution in [1.82, 2.24) is 0 Å². The third-order valence-corrected chi connectivity index (χ3v) is 1.30. The molecule has 5 nitrogen and oxygen atoms in total. The molecule has 0 aromatic heterocycles. The second kappa shape index (κ2) is 3.14. The van der Waals surface area contributed by atoms with Crippen molar-refractivity contribution in [2.75, 3.05) is 0 Å². The average Bonchev–Trinajstić information content (AvgIpc) is 2.29. The van der Waals surface area contributed by atoms with Gasteiger partial charge < -0.3 is 9.68 Å². The number of hydrogen-bond acceptors (Lipinski definition) is 5. The molecule has 0 aromatic rings. The zero-order valence-corrected chi connectivity index (χ0v) is 6.27. The molecule has 60 valence electrons. The van der Waals surface area contributed by atoms with Crippen LogP contribution in [0, 0.1) is 0 Å². The third kappa shape index (κ3) is 1.54. The summed E-state index contributed by atoms with van der Waals surface area (Å²) in [5, 5.41) is 7.14. The van der Waals surface area contributed by atoms with Crippen LogP contribution in [0.4, 0.5) is 0 Å². The van der Waals surface area contributed by atoms with Gasteiger partial charge >= 0.3 is 6.47 Å². The van der Waals surface area contributed by atoms with E-state index in [-0.39, 0.29) is 12.6 Å². The molecule has 0 fully saturated rings. The summed E-state index contributed by atoms with van der Waals surface area (Å²) in [6, 6.07) is 0. The maximum atomic E-state index is 9.76. The molecule has 0 N–H and O–H groups in total. The van der Waals surface area contributed by atoms with Gasteiger partial charge in [0.15, 0.2) is 6.10 Å². The Morgan fingerprint density at radius 1 is 1.82 bits per heavy atom. The van der Waals surface area contributed by atoms with E-state index in [1.165, 1.54) is 0 Å². The highest BCUT2D eigenvalue weighted by molar-refractivity contribution is 6.43. The second-order valence-corrected chi connectivity index (χ2v) is 2.10. The molecule has 1 heterocycles. The summed E-state index contributed by atoms with van der Waals surface area (Å²) in [6.45, 7) is 3.76. The van der Waals surface area contributed by atoms with Gasteiger partial charge in [-0.25, -0.2) is 0 Å². The molecule has 1 aliphatic rings. The highest BCUT2D eigenvalue weighted by Gasteiger charge is 2.22. The SMILES string of the molecule is CC1=NOC(C)C1=NOC=O. The monoisotopic (exact) mass is 156 g/mol. The lowest BCUT2D eigenvalue weighted by Gasteiger charge is -1.98. The molecule has 0 radical (unpaired) electrons. The van der Waals surface area contributed by atoms with Gasteiger partial charge in [0.1, 0.15) is 11.4 Å². The summed E-state index contributed by atoms with van der Waals surface area (Å²) >= 11 is 0. The number of oxime groups is 2. The predicted molar refractivity (Wildman–Crippen MR) is 38.2 cm³/mol. The fraction of sp³-hybridized carbons (Fsp3) is 0.500. The molecule has 0 saturated heterocycles. The van der Waals surface area contributed by atoms with Crippen molar-refractivity contribution in [3.05, 3.63) is 0 Å². The van der Waals surface area contributed by atoms with Gasteiger partial charge in [-0.2, -0.15) is 0 Å². The summed E-state index contributed by atoms with van der Waals surface area (Å²) in [6.07, 6.45) is -0.227. The number of hydrogen-bond donors (Lipinski definition) is 0. The maximum Gasteiger partial charge on any atom is 0.323 e. The van der Waals surface area contributed by atoms with Gasteiger partial charge in [0.25, 0.3) is 0 Å². The molecule has 0 aromatic carbocycles. The van der Waals surface area contributed by atoms with Crippen LogP contribution in [0.3, 0.4) is 0 Å². The zero-order chi connectivity index (χ0) is 8.27.